The summed E-state index contributed by atoms with van der Waals surface area (Å²) in [7, 11) is 1.77. The quantitative estimate of drug-likeness (QED) is 0.151. The number of nitrogens with one attached hydrogen (secondary N) is 2. The molecule has 4 atom stereocenters. The van der Waals surface area contributed by atoms with Gasteiger partial charge in [-0.2, -0.15) is 23.5 Å². The molecule has 3 aromatic rings. The molecule has 20 heteroatoms. The second-order valence-electron chi connectivity index (χ2n) is 16.6. The first kappa shape index (κ1) is 44.0. The minimum absolute atomic E-state index is 0.00635. The predicted molar refractivity (Wildman–Crippen MR) is 222 cm³/mol. The van der Waals surface area contributed by atoms with Crippen molar-refractivity contribution in [1.82, 2.24) is 25.0 Å². The molecule has 7 rings (SSSR count). The lowest BCUT2D eigenvalue weighted by Gasteiger charge is -2.42. The molecule has 3 saturated heterocycles. The van der Waals surface area contributed by atoms with E-state index in [2.05, 4.69) is 39.5 Å². The molecule has 61 heavy (non-hydrogen) atoms. The lowest BCUT2D eigenvalue weighted by Crippen LogP contribution is -2.54. The van der Waals surface area contributed by atoms with Crippen LogP contribution in [0.4, 0.5) is 30.4 Å². The van der Waals surface area contributed by atoms with Crippen LogP contribution in [0.3, 0.4) is 0 Å². The van der Waals surface area contributed by atoms with Crippen molar-refractivity contribution >= 4 is 68.9 Å². The number of hydrogen-bond acceptors (Lipinski definition) is 12. The summed E-state index contributed by atoms with van der Waals surface area (Å²) in [5, 5.41) is 30.6. The van der Waals surface area contributed by atoms with Gasteiger partial charge < -0.3 is 30.1 Å². The van der Waals surface area contributed by atoms with Crippen LogP contribution in [0.5, 0.6) is 0 Å². The van der Waals surface area contributed by atoms with Crippen LogP contribution in [0, 0.1) is 11.3 Å². The summed E-state index contributed by atoms with van der Waals surface area (Å²) in [6.45, 7) is 8.84. The van der Waals surface area contributed by atoms with Crippen molar-refractivity contribution < 1.29 is 46.7 Å². The number of aryl methyl sites for hydroxylation is 1. The summed E-state index contributed by atoms with van der Waals surface area (Å²) in [6, 6.07) is 7.86. The normalized spacial score (nSPS) is 25.0. The first-order valence-corrected chi connectivity index (χ1v) is 20.8. The van der Waals surface area contributed by atoms with E-state index >= 15 is 0 Å². The number of halogens is 3. The Morgan fingerprint density at radius 1 is 1.11 bits per heavy atom. The Hall–Kier alpha value is -5.07. The van der Waals surface area contributed by atoms with E-state index < -0.39 is 35.2 Å². The Morgan fingerprint density at radius 2 is 1.79 bits per heavy atom. The zero-order valence-corrected chi connectivity index (χ0v) is 35.5. The van der Waals surface area contributed by atoms with Gasteiger partial charge in [0.15, 0.2) is 17.2 Å². The molecule has 0 radical (unpaired) electrons. The zero-order chi connectivity index (χ0) is 44.0. The third-order valence-corrected chi connectivity index (χ3v) is 12.4. The number of hydrogen-bond donors (Lipinski definition) is 3. The van der Waals surface area contributed by atoms with Crippen LogP contribution in [0.15, 0.2) is 30.5 Å². The fraction of sp³-hybridized carbons (Fsp3) is 0.561. The number of rotatable bonds is 10. The topological polar surface area (TPSA) is 181 Å². The van der Waals surface area contributed by atoms with E-state index in [1.165, 1.54) is 6.07 Å². The van der Waals surface area contributed by atoms with Crippen molar-refractivity contribution in [3.05, 3.63) is 41.7 Å². The number of likely N-dealkylation sites (tertiary alicyclic amines) is 1. The van der Waals surface area contributed by atoms with Gasteiger partial charge >= 0.3 is 17.2 Å². The van der Waals surface area contributed by atoms with Gasteiger partial charge in [0.05, 0.1) is 60.6 Å². The molecular weight excluding hydrogens is 818 g/mol. The van der Waals surface area contributed by atoms with Crippen LogP contribution in [0.2, 0.25) is 0 Å². The van der Waals surface area contributed by atoms with Crippen molar-refractivity contribution in [2.45, 2.75) is 115 Å². The summed E-state index contributed by atoms with van der Waals surface area (Å²) in [4.78, 5) is 47.3. The fourth-order valence-electron chi connectivity index (χ4n) is 9.04. The summed E-state index contributed by atoms with van der Waals surface area (Å²) < 4.78 is 57.0. The van der Waals surface area contributed by atoms with Crippen molar-refractivity contribution in [2.24, 2.45) is 7.05 Å². The van der Waals surface area contributed by atoms with Crippen LogP contribution in [0.25, 0.3) is 10.9 Å². The summed E-state index contributed by atoms with van der Waals surface area (Å²) in [5.41, 5.74) is -1.10. The van der Waals surface area contributed by atoms with Gasteiger partial charge in [0.25, 0.3) is 0 Å². The second-order valence-corrected chi connectivity index (χ2v) is 16.9. The van der Waals surface area contributed by atoms with E-state index in [1.54, 1.807) is 35.1 Å². The smallest absolute Gasteiger partial charge is 0.376 e. The molecule has 5 heterocycles. The molecule has 326 valence electrons. The number of anilines is 3. The lowest BCUT2D eigenvalue weighted by molar-refractivity contribution is -0.468. The molecule has 0 spiro atoms. The van der Waals surface area contributed by atoms with Gasteiger partial charge in [-0.3, -0.25) is 19.2 Å². The van der Waals surface area contributed by atoms with Gasteiger partial charge in [-0.25, -0.2) is 14.4 Å². The van der Waals surface area contributed by atoms with E-state index in [0.717, 1.165) is 41.1 Å². The van der Waals surface area contributed by atoms with Crippen LogP contribution in [-0.4, -0.2) is 120 Å². The van der Waals surface area contributed by atoms with E-state index in [0.29, 0.717) is 62.5 Å². The molecule has 3 aliphatic heterocycles. The number of benzene rings is 1. The zero-order valence-electron chi connectivity index (χ0n) is 34.7. The number of fused-ring (bicyclic) bond motifs is 1. The number of thiocarbonyl (C=S) groups is 1. The molecule has 1 aromatic carbocycles. The van der Waals surface area contributed by atoms with Crippen LogP contribution in [0.1, 0.15) is 83.9 Å². The molecule has 1 aliphatic carbocycles. The Balaban J connectivity index is 0.878. The molecule has 4 fully saturated rings. The SMILES string of the molecule is C[C@@H]1CC(OCCOC2CCC(=[N+]3C(=S)N(c4cnc(C#N)c(C(F)(F)F)c4)C(=O)C3(C)C)CC2)C[C@H](C)N1CC(=O)Nc1cccc2c(N3CCC(=O)NC3O)nn(C)c12. The number of ether oxygens (including phenoxy) is 2. The van der Waals surface area contributed by atoms with E-state index in [1.807, 2.05) is 18.2 Å². The number of aliphatic hydroxyl groups is 1. The standard InChI is InChI=1S/C41H49F3N10O6S/c1-23-17-28(18-24(2)52(23)22-34(56)47-31-8-6-7-29-35(31)50(5)49-36(29)51-14-13-33(55)48-38(51)58)60-16-15-59-27-11-9-25(10-12-27)54-39(61)53(37(57)40(54,3)4)26-19-30(41(42,43)44)32(20-45)46-21-26/h6-8,19,21,23-24,27-28,38,58H,9-18,22H2,1-5H3,(H-,47,48,55,56)/p+1/t23-,24+,27?,28?,38?. The van der Waals surface area contributed by atoms with Crippen LogP contribution in [-0.2, 0) is 37.1 Å². The third-order valence-electron chi connectivity index (χ3n) is 12.1. The Bertz CT molecular complexity index is 2290. The van der Waals surface area contributed by atoms with Crippen molar-refractivity contribution in [2.75, 3.05) is 41.4 Å². The number of amides is 3. The number of piperidine rings is 1. The number of alkyl halides is 3. The highest BCUT2D eigenvalue weighted by Crippen LogP contribution is 2.37. The molecule has 3 N–H and O–H groups in total. The minimum Gasteiger partial charge on any atom is -0.376 e. The monoisotopic (exact) mass is 867 g/mol. The van der Waals surface area contributed by atoms with Gasteiger partial charge in [-0.05, 0) is 65.5 Å². The van der Waals surface area contributed by atoms with Crippen molar-refractivity contribution in [3.8, 4) is 6.07 Å². The fourth-order valence-corrected chi connectivity index (χ4v) is 9.58. The number of aromatic nitrogens is 3. The van der Waals surface area contributed by atoms with E-state index in [4.69, 9.17) is 27.0 Å². The summed E-state index contributed by atoms with van der Waals surface area (Å²) >= 11 is 5.69. The first-order valence-electron chi connectivity index (χ1n) is 20.4. The molecule has 0 bridgehead atoms. The molecule has 2 unspecified atom stereocenters. The average Bonchev–Trinajstić information content (AvgIpc) is 3.62. The minimum atomic E-state index is -4.84. The van der Waals surface area contributed by atoms with Crippen LogP contribution >= 0.6 is 12.2 Å². The van der Waals surface area contributed by atoms with E-state index in [9.17, 15) is 32.7 Å². The van der Waals surface area contributed by atoms with Gasteiger partial charge in [-0.15, -0.1) is 4.90 Å². The maximum Gasteiger partial charge on any atom is 0.419 e. The summed E-state index contributed by atoms with van der Waals surface area (Å²) in [5.74, 6) is -0.371. The highest BCUT2D eigenvalue weighted by Gasteiger charge is 2.57. The highest BCUT2D eigenvalue weighted by molar-refractivity contribution is 7.80. The van der Waals surface area contributed by atoms with Crippen molar-refractivity contribution in [1.29, 1.82) is 5.26 Å². The molecule has 4 aliphatic rings. The average molecular weight is 868 g/mol. The number of carbonyl (C=O) groups excluding carboxylic acids is 3. The Kier molecular flexibility index (Phi) is 12.5. The molecule has 16 nitrogen and oxygen atoms in total. The number of para-hydroxylation sites is 1. The largest absolute Gasteiger partial charge is 0.419 e. The Morgan fingerprint density at radius 3 is 2.43 bits per heavy atom. The number of aliphatic hydroxyl groups excluding tert-OH is 1. The van der Waals surface area contributed by atoms with Gasteiger partial charge in [-0.1, -0.05) is 6.07 Å². The third kappa shape index (κ3) is 8.84. The number of nitrogens with zero attached hydrogens (tertiary/aromatic N) is 8. The highest BCUT2D eigenvalue weighted by atomic mass is 32.1. The van der Waals surface area contributed by atoms with Crippen LogP contribution < -0.4 is 20.4 Å². The maximum absolute atomic E-state index is 13.7. The molecular formula is C41H50F3N10O6S+. The molecule has 2 aromatic heterocycles. The summed E-state index contributed by atoms with van der Waals surface area (Å²) in [6.07, 6.45) is -0.806. The molecule has 1 saturated carbocycles. The van der Waals surface area contributed by atoms with Gasteiger partial charge in [0, 0.05) is 68.6 Å². The second kappa shape index (κ2) is 17.4. The number of pyridine rings is 1. The van der Waals surface area contributed by atoms with Gasteiger partial charge in [0.1, 0.15) is 6.07 Å². The molecule has 3 amide bonds. The van der Waals surface area contributed by atoms with Gasteiger partial charge in [0.2, 0.25) is 23.7 Å². The maximum atomic E-state index is 13.7. The number of nitriles is 1. The number of carbonyl (C=O) groups is 3. The van der Waals surface area contributed by atoms with E-state index in [-0.39, 0.29) is 59.9 Å². The van der Waals surface area contributed by atoms with Crippen molar-refractivity contribution in [3.63, 3.8) is 0 Å². The Labute approximate surface area is 356 Å². The lowest BCUT2D eigenvalue weighted by atomic mass is 9.93. The predicted octanol–water partition coefficient (Wildman–Crippen LogP) is 4.18. The first-order chi connectivity index (χ1) is 28.9.